The minimum atomic E-state index is -0.550. The van der Waals surface area contributed by atoms with Crippen molar-refractivity contribution in [2.75, 3.05) is 50.0 Å². The fourth-order valence-electron chi connectivity index (χ4n) is 5.26. The molecule has 0 aliphatic carbocycles. The topological polar surface area (TPSA) is 131 Å². The smallest absolute Gasteiger partial charge is 0.239 e. The molecule has 3 aromatic heterocycles. The van der Waals surface area contributed by atoms with Crippen LogP contribution in [0.3, 0.4) is 0 Å². The number of allylic oxidation sites excluding steroid dienone is 1. The van der Waals surface area contributed by atoms with Crippen molar-refractivity contribution < 1.29 is 14.6 Å². The van der Waals surface area contributed by atoms with E-state index in [1.807, 2.05) is 11.8 Å². The van der Waals surface area contributed by atoms with E-state index in [9.17, 15) is 9.90 Å². The summed E-state index contributed by atoms with van der Waals surface area (Å²) < 4.78 is 6.08. The van der Waals surface area contributed by atoms with E-state index in [1.54, 1.807) is 35.5 Å². The van der Waals surface area contributed by atoms with Crippen LogP contribution in [-0.2, 0) is 9.53 Å². The summed E-state index contributed by atoms with van der Waals surface area (Å²) in [4.78, 5) is 37.0. The Balaban J connectivity index is 1.36. The van der Waals surface area contributed by atoms with Gasteiger partial charge in [-0.2, -0.15) is 0 Å². The molecule has 10 nitrogen and oxygen atoms in total. The van der Waals surface area contributed by atoms with E-state index in [-0.39, 0.29) is 18.0 Å². The second kappa shape index (κ2) is 10.1. The molecule has 12 heteroatoms. The monoisotopic (exact) mass is 553 g/mol. The van der Waals surface area contributed by atoms with Gasteiger partial charge in [0.25, 0.3) is 0 Å². The lowest BCUT2D eigenvalue weighted by molar-refractivity contribution is -0.135. The number of carbonyl (C=O) groups excluding carboxylic acids is 1. The molecule has 3 aliphatic rings. The van der Waals surface area contributed by atoms with Crippen molar-refractivity contribution in [1.29, 1.82) is 0 Å². The van der Waals surface area contributed by atoms with E-state index in [1.165, 1.54) is 0 Å². The van der Waals surface area contributed by atoms with Crippen LogP contribution in [0.25, 0.3) is 27.2 Å². The number of aromatic nitrogens is 4. The number of likely N-dealkylation sites (tertiary alicyclic amines) is 1. The van der Waals surface area contributed by atoms with Crippen LogP contribution in [0, 0.1) is 6.92 Å². The van der Waals surface area contributed by atoms with Crippen molar-refractivity contribution in [2.24, 2.45) is 0 Å². The van der Waals surface area contributed by atoms with Crippen LogP contribution in [0.15, 0.2) is 17.8 Å². The number of amides is 1. The molecule has 2 fully saturated rings. The average Bonchev–Trinajstić information content (AvgIpc) is 3.50. The Morgan fingerprint density at radius 2 is 1.87 bits per heavy atom. The van der Waals surface area contributed by atoms with Crippen molar-refractivity contribution in [3.8, 4) is 11.4 Å². The molecule has 0 aromatic carbocycles. The fourth-order valence-corrected chi connectivity index (χ4v) is 7.69. The number of aliphatic hydroxyl groups excluding tert-OH is 1. The first kappa shape index (κ1) is 25.5. The summed E-state index contributed by atoms with van der Waals surface area (Å²) in [6.07, 6.45) is 4.95. The zero-order valence-electron chi connectivity index (χ0n) is 21.5. The second-order valence-corrected chi connectivity index (χ2v) is 12.6. The molecular formula is C26H31N7O3S2. The van der Waals surface area contributed by atoms with Crippen molar-refractivity contribution in [3.05, 3.63) is 28.2 Å². The number of thioether (sulfide) groups is 1. The summed E-state index contributed by atoms with van der Waals surface area (Å²) in [5.74, 6) is 1.81. The Morgan fingerprint density at radius 3 is 2.58 bits per heavy atom. The zero-order valence-corrected chi connectivity index (χ0v) is 23.1. The van der Waals surface area contributed by atoms with Crippen LogP contribution in [0.4, 0.5) is 11.8 Å². The van der Waals surface area contributed by atoms with Crippen molar-refractivity contribution in [1.82, 2.24) is 24.8 Å². The van der Waals surface area contributed by atoms with Gasteiger partial charge >= 0.3 is 0 Å². The summed E-state index contributed by atoms with van der Waals surface area (Å²) in [5, 5.41) is 12.0. The van der Waals surface area contributed by atoms with E-state index < -0.39 is 4.75 Å². The standard InChI is InChI=1S/C26H31N7O3S2/c1-15-19-21(23(32-7-9-36-10-8-32)31-22(30-19)17-12-28-25(27)29-13-17)38-20(15)16-11-26(2,37-14-16)24(35)33-5-3-18(34)4-6-33/h12-14,18,34H,3-11H2,1-2H3,(H2,27,28,29)/t26-/m0/s1. The molecule has 0 spiro atoms. The number of nitrogens with zero attached hydrogens (tertiary/aromatic N) is 6. The third kappa shape index (κ3) is 4.63. The van der Waals surface area contributed by atoms with Gasteiger partial charge in [-0.05, 0) is 49.7 Å². The number of carbonyl (C=O) groups is 1. The lowest BCUT2D eigenvalue weighted by Gasteiger charge is -2.35. The first-order valence-corrected chi connectivity index (χ1v) is 14.6. The van der Waals surface area contributed by atoms with E-state index in [4.69, 9.17) is 20.4 Å². The van der Waals surface area contributed by atoms with Crippen LogP contribution in [0.5, 0.6) is 0 Å². The van der Waals surface area contributed by atoms with Gasteiger partial charge < -0.3 is 25.4 Å². The average molecular weight is 554 g/mol. The van der Waals surface area contributed by atoms with E-state index in [2.05, 4.69) is 27.2 Å². The summed E-state index contributed by atoms with van der Waals surface area (Å²) in [5.41, 5.74) is 9.57. The quantitative estimate of drug-likeness (QED) is 0.497. The minimum absolute atomic E-state index is 0.152. The molecule has 1 atom stereocenters. The maximum atomic E-state index is 13.5. The normalized spacial score (nSPS) is 22.8. The lowest BCUT2D eigenvalue weighted by Crippen LogP contribution is -2.48. The SMILES string of the molecule is Cc1c(C2=CS[C@](C)(C(=O)N3CCC(O)CC3)C2)sc2c(N3CCOCC3)nc(-c3cnc(N)nc3)nc12. The van der Waals surface area contributed by atoms with Gasteiger partial charge in [-0.25, -0.2) is 19.9 Å². The number of aliphatic hydroxyl groups is 1. The zero-order chi connectivity index (χ0) is 26.4. The molecule has 6 rings (SSSR count). The maximum absolute atomic E-state index is 13.5. The van der Waals surface area contributed by atoms with Gasteiger partial charge in [0.2, 0.25) is 11.9 Å². The number of piperidine rings is 1. The lowest BCUT2D eigenvalue weighted by atomic mass is 9.96. The molecule has 3 N–H and O–H groups in total. The molecule has 6 heterocycles. The first-order chi connectivity index (χ1) is 18.3. The van der Waals surface area contributed by atoms with Crippen molar-refractivity contribution in [3.63, 3.8) is 0 Å². The Bertz CT molecular complexity index is 1400. The number of aryl methyl sites for hydroxylation is 1. The van der Waals surface area contributed by atoms with Crippen LogP contribution in [0.1, 0.15) is 36.6 Å². The Morgan fingerprint density at radius 1 is 1.16 bits per heavy atom. The molecule has 0 radical (unpaired) electrons. The highest BCUT2D eigenvalue weighted by atomic mass is 32.2. The highest BCUT2D eigenvalue weighted by Gasteiger charge is 2.42. The van der Waals surface area contributed by atoms with Gasteiger partial charge in [-0.15, -0.1) is 23.1 Å². The molecule has 200 valence electrons. The number of fused-ring (bicyclic) bond motifs is 1. The summed E-state index contributed by atoms with van der Waals surface area (Å²) in [6, 6.07) is 0. The Hall–Kier alpha value is -2.80. The van der Waals surface area contributed by atoms with Gasteiger partial charge in [0.05, 0.1) is 39.8 Å². The molecule has 2 saturated heterocycles. The van der Waals surface area contributed by atoms with Gasteiger partial charge in [-0.1, -0.05) is 0 Å². The predicted octanol–water partition coefficient (Wildman–Crippen LogP) is 3.10. The fraction of sp³-hybridized carbons (Fsp3) is 0.500. The summed E-state index contributed by atoms with van der Waals surface area (Å²) in [6.45, 7) is 8.18. The number of thiophene rings is 1. The number of anilines is 2. The number of hydrogen-bond donors (Lipinski definition) is 2. The van der Waals surface area contributed by atoms with Gasteiger partial charge in [0, 0.05) is 43.4 Å². The molecule has 0 unspecified atom stereocenters. The molecule has 0 saturated carbocycles. The Kier molecular flexibility index (Phi) is 6.75. The predicted molar refractivity (Wildman–Crippen MR) is 151 cm³/mol. The second-order valence-electron chi connectivity index (χ2n) is 10.2. The van der Waals surface area contributed by atoms with E-state index in [0.717, 1.165) is 45.1 Å². The number of nitrogen functional groups attached to an aromatic ring is 1. The van der Waals surface area contributed by atoms with Crippen molar-refractivity contribution >= 4 is 56.6 Å². The number of hydrogen-bond acceptors (Lipinski definition) is 11. The summed E-state index contributed by atoms with van der Waals surface area (Å²) >= 11 is 3.30. The number of rotatable bonds is 4. The highest BCUT2D eigenvalue weighted by molar-refractivity contribution is 8.04. The van der Waals surface area contributed by atoms with Gasteiger partial charge in [-0.3, -0.25) is 4.79 Å². The molecular weight excluding hydrogens is 522 g/mol. The molecule has 1 amide bonds. The van der Waals surface area contributed by atoms with Gasteiger partial charge in [0.15, 0.2) is 11.6 Å². The van der Waals surface area contributed by atoms with Gasteiger partial charge in [0.1, 0.15) is 0 Å². The van der Waals surface area contributed by atoms with Crippen LogP contribution >= 0.6 is 23.1 Å². The van der Waals surface area contributed by atoms with E-state index >= 15 is 0 Å². The maximum Gasteiger partial charge on any atom is 0.239 e. The van der Waals surface area contributed by atoms with Crippen molar-refractivity contribution in [2.45, 2.75) is 44.0 Å². The molecule has 3 aliphatic heterocycles. The third-order valence-electron chi connectivity index (χ3n) is 7.47. The molecule has 0 bridgehead atoms. The Labute approximate surface area is 229 Å². The largest absolute Gasteiger partial charge is 0.393 e. The highest BCUT2D eigenvalue weighted by Crippen LogP contribution is 2.50. The molecule has 3 aromatic rings. The third-order valence-corrected chi connectivity index (χ3v) is 10.1. The molecule has 38 heavy (non-hydrogen) atoms. The number of ether oxygens (including phenoxy) is 1. The van der Waals surface area contributed by atoms with Crippen LogP contribution < -0.4 is 10.6 Å². The summed E-state index contributed by atoms with van der Waals surface area (Å²) in [7, 11) is 0. The first-order valence-electron chi connectivity index (χ1n) is 12.9. The number of nitrogens with two attached hydrogens (primary N) is 1. The van der Waals surface area contributed by atoms with Crippen LogP contribution in [-0.4, -0.2) is 86.1 Å². The minimum Gasteiger partial charge on any atom is -0.393 e. The van der Waals surface area contributed by atoms with E-state index in [0.29, 0.717) is 57.0 Å². The number of morpholine rings is 1. The van der Waals surface area contributed by atoms with Crippen LogP contribution in [0.2, 0.25) is 0 Å².